The summed E-state index contributed by atoms with van der Waals surface area (Å²) in [6.07, 6.45) is 0.992. The summed E-state index contributed by atoms with van der Waals surface area (Å²) in [6.45, 7) is 6.32. The molecule has 0 aliphatic carbocycles. The molecule has 2 aliphatic rings. The summed E-state index contributed by atoms with van der Waals surface area (Å²) < 4.78 is 16.1. The van der Waals surface area contributed by atoms with Crippen molar-refractivity contribution in [3.8, 4) is 11.5 Å². The van der Waals surface area contributed by atoms with Gasteiger partial charge in [-0.1, -0.05) is 6.07 Å². The van der Waals surface area contributed by atoms with Crippen molar-refractivity contribution in [3.05, 3.63) is 23.8 Å². The van der Waals surface area contributed by atoms with Crippen molar-refractivity contribution >= 4 is 35.8 Å². The van der Waals surface area contributed by atoms with Crippen LogP contribution in [-0.4, -0.2) is 88.5 Å². The Morgan fingerprint density at radius 1 is 1.17 bits per heavy atom. The van der Waals surface area contributed by atoms with E-state index in [0.29, 0.717) is 12.5 Å². The van der Waals surface area contributed by atoms with Gasteiger partial charge in [0, 0.05) is 33.7 Å². The second-order valence-corrected chi connectivity index (χ2v) is 7.23. The standard InChI is InChI=1S/C20H31N5O4.HI/c1-24(2)19(26)14-23-20(21-6-3-7-25-8-10-27-11-9-25)22-13-16-4-5-17-18(12-16)29-15-28-17;/h4-5,12H,3,6-11,13-15H2,1-2H3,(H2,21,22,23);1H. The van der Waals surface area contributed by atoms with Crippen molar-refractivity contribution in [2.45, 2.75) is 13.0 Å². The fourth-order valence-electron chi connectivity index (χ4n) is 3.04. The molecule has 2 N–H and O–H groups in total. The SMILES string of the molecule is CN(C)C(=O)CNC(=NCc1ccc2c(c1)OCO2)NCCCN1CCOCC1.I. The molecule has 0 aromatic heterocycles. The number of ether oxygens (including phenoxy) is 3. The molecule has 1 amide bonds. The number of carbonyl (C=O) groups is 1. The molecular weight excluding hydrogens is 501 g/mol. The molecule has 2 aliphatic heterocycles. The van der Waals surface area contributed by atoms with Crippen LogP contribution in [0.2, 0.25) is 0 Å². The number of carbonyl (C=O) groups excluding carboxylic acids is 1. The van der Waals surface area contributed by atoms with Gasteiger partial charge >= 0.3 is 0 Å². The van der Waals surface area contributed by atoms with Gasteiger partial charge in [-0.15, -0.1) is 24.0 Å². The van der Waals surface area contributed by atoms with Crippen LogP contribution in [0.15, 0.2) is 23.2 Å². The zero-order valence-corrected chi connectivity index (χ0v) is 20.0. The highest BCUT2D eigenvalue weighted by molar-refractivity contribution is 14.0. The Kier molecular flexibility index (Phi) is 10.4. The number of likely N-dealkylation sites (N-methyl/N-ethyl adjacent to an activating group) is 1. The Morgan fingerprint density at radius 2 is 1.93 bits per heavy atom. The number of nitrogens with one attached hydrogen (secondary N) is 2. The fraction of sp³-hybridized carbons (Fsp3) is 0.600. The lowest BCUT2D eigenvalue weighted by Gasteiger charge is -2.26. The Balaban J connectivity index is 0.00000320. The molecule has 0 bridgehead atoms. The number of benzene rings is 1. The fourth-order valence-corrected chi connectivity index (χ4v) is 3.04. The highest BCUT2D eigenvalue weighted by Crippen LogP contribution is 2.32. The average molecular weight is 533 g/mol. The molecule has 0 unspecified atom stereocenters. The Labute approximate surface area is 195 Å². The number of hydrogen-bond donors (Lipinski definition) is 2. The van der Waals surface area contributed by atoms with Gasteiger partial charge < -0.3 is 29.7 Å². The van der Waals surface area contributed by atoms with Crippen LogP contribution >= 0.6 is 24.0 Å². The van der Waals surface area contributed by atoms with Crippen molar-refractivity contribution in [3.63, 3.8) is 0 Å². The summed E-state index contributed by atoms with van der Waals surface area (Å²) in [4.78, 5) is 20.5. The zero-order chi connectivity index (χ0) is 20.5. The van der Waals surface area contributed by atoms with E-state index in [9.17, 15) is 4.79 Å². The molecule has 0 atom stereocenters. The number of rotatable bonds is 8. The first kappa shape index (κ1) is 24.5. The van der Waals surface area contributed by atoms with Gasteiger partial charge in [0.25, 0.3) is 0 Å². The van der Waals surface area contributed by atoms with E-state index in [0.717, 1.165) is 62.9 Å². The zero-order valence-electron chi connectivity index (χ0n) is 17.7. The molecule has 0 spiro atoms. The van der Waals surface area contributed by atoms with Crippen LogP contribution < -0.4 is 20.1 Å². The summed E-state index contributed by atoms with van der Waals surface area (Å²) >= 11 is 0. The third kappa shape index (κ3) is 7.80. The van der Waals surface area contributed by atoms with E-state index in [-0.39, 0.29) is 43.2 Å². The number of nitrogens with zero attached hydrogens (tertiary/aromatic N) is 3. The monoisotopic (exact) mass is 533 g/mol. The maximum Gasteiger partial charge on any atom is 0.241 e. The minimum Gasteiger partial charge on any atom is -0.454 e. The van der Waals surface area contributed by atoms with Gasteiger partial charge in [-0.2, -0.15) is 0 Å². The van der Waals surface area contributed by atoms with E-state index >= 15 is 0 Å². The third-order valence-electron chi connectivity index (χ3n) is 4.81. The van der Waals surface area contributed by atoms with E-state index in [1.54, 1.807) is 19.0 Å². The molecule has 9 nitrogen and oxygen atoms in total. The predicted molar refractivity (Wildman–Crippen MR) is 126 cm³/mol. The first-order valence-corrected chi connectivity index (χ1v) is 10.0. The highest BCUT2D eigenvalue weighted by atomic mass is 127. The second kappa shape index (κ2) is 12.8. The smallest absolute Gasteiger partial charge is 0.241 e. The number of halogens is 1. The molecule has 10 heteroatoms. The van der Waals surface area contributed by atoms with Crippen LogP contribution in [0.5, 0.6) is 11.5 Å². The molecule has 1 aromatic carbocycles. The van der Waals surface area contributed by atoms with Crippen LogP contribution in [-0.2, 0) is 16.1 Å². The quantitative estimate of drug-likeness (QED) is 0.222. The minimum absolute atomic E-state index is 0. The molecular formula is C20H32IN5O4. The summed E-state index contributed by atoms with van der Waals surface area (Å²) in [5.41, 5.74) is 1.02. The molecule has 30 heavy (non-hydrogen) atoms. The first-order chi connectivity index (χ1) is 14.1. The Bertz CT molecular complexity index is 710. The van der Waals surface area contributed by atoms with Crippen molar-refractivity contribution in [1.29, 1.82) is 0 Å². The molecule has 1 saturated heterocycles. The summed E-state index contributed by atoms with van der Waals surface area (Å²) in [6, 6.07) is 5.80. The normalized spacial score (nSPS) is 16.0. The Hall–Kier alpha value is -1.79. The van der Waals surface area contributed by atoms with Gasteiger partial charge in [-0.05, 0) is 30.7 Å². The van der Waals surface area contributed by atoms with Crippen LogP contribution in [0.1, 0.15) is 12.0 Å². The van der Waals surface area contributed by atoms with Crippen LogP contribution in [0, 0.1) is 0 Å². The second-order valence-electron chi connectivity index (χ2n) is 7.23. The molecule has 0 saturated carbocycles. The number of aliphatic imine (C=N–C) groups is 1. The van der Waals surface area contributed by atoms with Gasteiger partial charge in [-0.25, -0.2) is 4.99 Å². The largest absolute Gasteiger partial charge is 0.454 e. The van der Waals surface area contributed by atoms with E-state index < -0.39 is 0 Å². The van der Waals surface area contributed by atoms with E-state index in [1.807, 2.05) is 18.2 Å². The number of amides is 1. The molecule has 1 fully saturated rings. The first-order valence-electron chi connectivity index (χ1n) is 10.0. The minimum atomic E-state index is -0.00380. The lowest BCUT2D eigenvalue weighted by molar-refractivity contribution is -0.127. The Morgan fingerprint density at radius 3 is 2.70 bits per heavy atom. The maximum absolute atomic E-state index is 11.9. The number of fused-ring (bicyclic) bond motifs is 1. The molecule has 0 radical (unpaired) electrons. The summed E-state index contributed by atoms with van der Waals surface area (Å²) in [7, 11) is 3.48. The van der Waals surface area contributed by atoms with E-state index in [1.165, 1.54) is 0 Å². The van der Waals surface area contributed by atoms with Crippen molar-refractivity contribution in [1.82, 2.24) is 20.4 Å². The molecule has 168 valence electrons. The van der Waals surface area contributed by atoms with E-state index in [4.69, 9.17) is 14.2 Å². The number of hydrogen-bond acceptors (Lipinski definition) is 6. The van der Waals surface area contributed by atoms with Crippen molar-refractivity contribution in [2.75, 3.05) is 66.8 Å². The van der Waals surface area contributed by atoms with Gasteiger partial charge in [0.15, 0.2) is 17.5 Å². The summed E-state index contributed by atoms with van der Waals surface area (Å²) in [5, 5.41) is 6.45. The topological polar surface area (TPSA) is 87.7 Å². The highest BCUT2D eigenvalue weighted by Gasteiger charge is 2.13. The van der Waals surface area contributed by atoms with Gasteiger partial charge in [0.1, 0.15) is 0 Å². The van der Waals surface area contributed by atoms with Gasteiger partial charge in [0.05, 0.1) is 26.3 Å². The van der Waals surface area contributed by atoms with Crippen LogP contribution in [0.4, 0.5) is 0 Å². The van der Waals surface area contributed by atoms with Crippen LogP contribution in [0.25, 0.3) is 0 Å². The van der Waals surface area contributed by atoms with Gasteiger partial charge in [-0.3, -0.25) is 9.69 Å². The lowest BCUT2D eigenvalue weighted by Crippen LogP contribution is -2.44. The summed E-state index contributed by atoms with van der Waals surface area (Å²) in [5.74, 6) is 2.12. The average Bonchev–Trinajstić information content (AvgIpc) is 3.20. The van der Waals surface area contributed by atoms with Crippen LogP contribution in [0.3, 0.4) is 0 Å². The third-order valence-corrected chi connectivity index (χ3v) is 4.81. The maximum atomic E-state index is 11.9. The molecule has 3 rings (SSSR count). The number of guanidine groups is 1. The predicted octanol–water partition coefficient (Wildman–Crippen LogP) is 0.879. The van der Waals surface area contributed by atoms with E-state index in [2.05, 4.69) is 20.5 Å². The molecule has 2 heterocycles. The van der Waals surface area contributed by atoms with Crippen molar-refractivity contribution < 1.29 is 19.0 Å². The van der Waals surface area contributed by atoms with Gasteiger partial charge in [0.2, 0.25) is 12.7 Å². The van der Waals surface area contributed by atoms with Crippen molar-refractivity contribution in [2.24, 2.45) is 4.99 Å². The lowest BCUT2D eigenvalue weighted by atomic mass is 10.2. The number of morpholine rings is 1. The molecule has 1 aromatic rings.